The molecular formula is C17H22O4. The SMILES string of the molecule is CCOC(=O)C1(CCCc2ccccc2)COCCC1=O. The van der Waals surface area contributed by atoms with Crippen molar-refractivity contribution in [2.24, 2.45) is 5.41 Å². The summed E-state index contributed by atoms with van der Waals surface area (Å²) in [6.07, 6.45) is 2.39. The summed E-state index contributed by atoms with van der Waals surface area (Å²) >= 11 is 0. The van der Waals surface area contributed by atoms with Crippen LogP contribution in [0.25, 0.3) is 0 Å². The molecule has 1 fully saturated rings. The van der Waals surface area contributed by atoms with Crippen LogP contribution in [0.15, 0.2) is 30.3 Å². The molecule has 21 heavy (non-hydrogen) atoms. The molecule has 1 unspecified atom stereocenters. The van der Waals surface area contributed by atoms with Crippen molar-refractivity contribution < 1.29 is 19.1 Å². The third kappa shape index (κ3) is 3.70. The highest BCUT2D eigenvalue weighted by Crippen LogP contribution is 2.32. The molecule has 1 saturated heterocycles. The molecule has 0 radical (unpaired) electrons. The van der Waals surface area contributed by atoms with Crippen LogP contribution in [0.1, 0.15) is 31.7 Å². The highest BCUT2D eigenvalue weighted by molar-refractivity contribution is 6.04. The van der Waals surface area contributed by atoms with Crippen LogP contribution >= 0.6 is 0 Å². The lowest BCUT2D eigenvalue weighted by Crippen LogP contribution is -2.48. The second-order valence-corrected chi connectivity index (χ2v) is 5.37. The minimum Gasteiger partial charge on any atom is -0.465 e. The molecule has 1 aromatic carbocycles. The van der Waals surface area contributed by atoms with Crippen molar-refractivity contribution in [1.29, 1.82) is 0 Å². The number of esters is 1. The largest absolute Gasteiger partial charge is 0.465 e. The molecule has 0 N–H and O–H groups in total. The van der Waals surface area contributed by atoms with Crippen LogP contribution in [0.4, 0.5) is 0 Å². The maximum absolute atomic E-state index is 12.3. The van der Waals surface area contributed by atoms with Crippen molar-refractivity contribution in [3.05, 3.63) is 35.9 Å². The van der Waals surface area contributed by atoms with Gasteiger partial charge in [0.1, 0.15) is 5.41 Å². The first-order valence-electron chi connectivity index (χ1n) is 7.51. The molecule has 114 valence electrons. The molecule has 0 saturated carbocycles. The molecule has 0 bridgehead atoms. The molecule has 0 amide bonds. The second-order valence-electron chi connectivity index (χ2n) is 5.37. The minimum absolute atomic E-state index is 0.0414. The fourth-order valence-electron chi connectivity index (χ4n) is 2.73. The standard InChI is InChI=1S/C17H22O4/c1-2-21-16(19)17(13-20-12-10-15(17)18)11-6-9-14-7-4-3-5-8-14/h3-5,7-8H,2,6,9-13H2,1H3. The van der Waals surface area contributed by atoms with Crippen molar-refractivity contribution in [2.75, 3.05) is 19.8 Å². The molecule has 1 aliphatic rings. The number of Topliss-reactive ketones (excluding diaryl/α,β-unsaturated/α-hetero) is 1. The Morgan fingerprint density at radius 2 is 2.10 bits per heavy atom. The molecule has 0 aromatic heterocycles. The molecule has 4 nitrogen and oxygen atoms in total. The minimum atomic E-state index is -1.09. The van der Waals surface area contributed by atoms with E-state index in [4.69, 9.17) is 9.47 Å². The van der Waals surface area contributed by atoms with E-state index in [2.05, 4.69) is 12.1 Å². The molecular weight excluding hydrogens is 268 g/mol. The van der Waals surface area contributed by atoms with Crippen LogP contribution in [0, 0.1) is 5.41 Å². The molecule has 1 atom stereocenters. The molecule has 1 aliphatic heterocycles. The van der Waals surface area contributed by atoms with Gasteiger partial charge < -0.3 is 9.47 Å². The quantitative estimate of drug-likeness (QED) is 0.597. The highest BCUT2D eigenvalue weighted by atomic mass is 16.5. The van der Waals surface area contributed by atoms with Crippen molar-refractivity contribution in [3.8, 4) is 0 Å². The Labute approximate surface area is 125 Å². The number of carbonyl (C=O) groups excluding carboxylic acids is 2. The average molecular weight is 290 g/mol. The van der Waals surface area contributed by atoms with Crippen LogP contribution in [0.5, 0.6) is 0 Å². The number of carbonyl (C=O) groups is 2. The van der Waals surface area contributed by atoms with Gasteiger partial charge in [0.25, 0.3) is 0 Å². The first-order valence-corrected chi connectivity index (χ1v) is 7.51. The number of benzene rings is 1. The zero-order valence-corrected chi connectivity index (χ0v) is 12.5. The van der Waals surface area contributed by atoms with E-state index in [9.17, 15) is 9.59 Å². The van der Waals surface area contributed by atoms with E-state index in [1.54, 1.807) is 6.92 Å². The Balaban J connectivity index is 2.02. The number of hydrogen-bond donors (Lipinski definition) is 0. The molecule has 2 rings (SSSR count). The lowest BCUT2D eigenvalue weighted by Gasteiger charge is -2.33. The first kappa shape index (κ1) is 15.7. The predicted molar refractivity (Wildman–Crippen MR) is 78.9 cm³/mol. The fourth-order valence-corrected chi connectivity index (χ4v) is 2.73. The van der Waals surface area contributed by atoms with Gasteiger partial charge in [-0.2, -0.15) is 0 Å². The van der Waals surface area contributed by atoms with Crippen LogP contribution in [-0.4, -0.2) is 31.6 Å². The van der Waals surface area contributed by atoms with Crippen LogP contribution in [-0.2, 0) is 25.5 Å². The van der Waals surface area contributed by atoms with Gasteiger partial charge in [-0.3, -0.25) is 9.59 Å². The topological polar surface area (TPSA) is 52.6 Å². The Morgan fingerprint density at radius 1 is 1.33 bits per heavy atom. The molecule has 1 heterocycles. The van der Waals surface area contributed by atoms with E-state index in [0.717, 1.165) is 12.8 Å². The predicted octanol–water partition coefficient (Wildman–Crippen LogP) is 2.55. The van der Waals surface area contributed by atoms with Gasteiger partial charge in [0.2, 0.25) is 0 Å². The summed E-state index contributed by atoms with van der Waals surface area (Å²) in [6, 6.07) is 10.1. The zero-order valence-electron chi connectivity index (χ0n) is 12.5. The summed E-state index contributed by atoms with van der Waals surface area (Å²) in [5, 5.41) is 0. The summed E-state index contributed by atoms with van der Waals surface area (Å²) < 4.78 is 10.5. The van der Waals surface area contributed by atoms with Gasteiger partial charge in [0, 0.05) is 6.42 Å². The van der Waals surface area contributed by atoms with E-state index in [-0.39, 0.29) is 19.0 Å². The highest BCUT2D eigenvalue weighted by Gasteiger charge is 2.48. The Kier molecular flexibility index (Phi) is 5.51. The molecule has 0 aliphatic carbocycles. The maximum atomic E-state index is 12.3. The van der Waals surface area contributed by atoms with E-state index >= 15 is 0 Å². The van der Waals surface area contributed by atoms with Crippen molar-refractivity contribution in [1.82, 2.24) is 0 Å². The maximum Gasteiger partial charge on any atom is 0.322 e. The lowest BCUT2D eigenvalue weighted by molar-refractivity contribution is -0.169. The third-order valence-corrected chi connectivity index (χ3v) is 3.93. The van der Waals surface area contributed by atoms with Gasteiger partial charge in [0.15, 0.2) is 5.78 Å². The second kappa shape index (κ2) is 7.36. The number of ether oxygens (including phenoxy) is 2. The van der Waals surface area contributed by atoms with Gasteiger partial charge in [-0.05, 0) is 31.7 Å². The van der Waals surface area contributed by atoms with Gasteiger partial charge in [0.05, 0.1) is 19.8 Å². The fraction of sp³-hybridized carbons (Fsp3) is 0.529. The summed E-state index contributed by atoms with van der Waals surface area (Å²) in [5.41, 5.74) is 0.115. The van der Waals surface area contributed by atoms with Gasteiger partial charge in [-0.1, -0.05) is 30.3 Å². The number of hydrogen-bond acceptors (Lipinski definition) is 4. The molecule has 4 heteroatoms. The van der Waals surface area contributed by atoms with Crippen LogP contribution in [0.3, 0.4) is 0 Å². The Hall–Kier alpha value is -1.68. The van der Waals surface area contributed by atoms with Gasteiger partial charge >= 0.3 is 5.97 Å². The van der Waals surface area contributed by atoms with Crippen molar-refractivity contribution in [3.63, 3.8) is 0 Å². The van der Waals surface area contributed by atoms with Crippen molar-refractivity contribution in [2.45, 2.75) is 32.6 Å². The van der Waals surface area contributed by atoms with Crippen LogP contribution < -0.4 is 0 Å². The molecule has 1 aromatic rings. The van der Waals surface area contributed by atoms with Gasteiger partial charge in [-0.15, -0.1) is 0 Å². The zero-order chi connectivity index (χ0) is 15.1. The van der Waals surface area contributed by atoms with Crippen LogP contribution in [0.2, 0.25) is 0 Å². The van der Waals surface area contributed by atoms with E-state index in [1.165, 1.54) is 5.56 Å². The number of ketones is 1. The Bertz CT molecular complexity index is 483. The smallest absolute Gasteiger partial charge is 0.322 e. The monoisotopic (exact) mass is 290 g/mol. The normalized spacial score (nSPS) is 22.0. The number of aryl methyl sites for hydroxylation is 1. The Morgan fingerprint density at radius 3 is 2.76 bits per heavy atom. The summed E-state index contributed by atoms with van der Waals surface area (Å²) in [7, 11) is 0. The first-order chi connectivity index (χ1) is 10.2. The van der Waals surface area contributed by atoms with Gasteiger partial charge in [-0.25, -0.2) is 0 Å². The summed E-state index contributed by atoms with van der Waals surface area (Å²) in [4.78, 5) is 24.5. The molecule has 0 spiro atoms. The van der Waals surface area contributed by atoms with Crippen molar-refractivity contribution >= 4 is 11.8 Å². The summed E-state index contributed by atoms with van der Waals surface area (Å²) in [6.45, 7) is 2.59. The van der Waals surface area contributed by atoms with E-state index in [1.807, 2.05) is 18.2 Å². The number of rotatable bonds is 6. The van der Waals surface area contributed by atoms with E-state index in [0.29, 0.717) is 19.4 Å². The van der Waals surface area contributed by atoms with E-state index < -0.39 is 11.4 Å². The third-order valence-electron chi connectivity index (χ3n) is 3.93. The summed E-state index contributed by atoms with van der Waals surface area (Å²) in [5.74, 6) is -0.469. The average Bonchev–Trinajstić information content (AvgIpc) is 2.50. The lowest BCUT2D eigenvalue weighted by atomic mass is 9.76.